The number of benzene rings is 2. The van der Waals surface area contributed by atoms with Crippen LogP contribution in [0.1, 0.15) is 18.1 Å². The number of halogens is 4. The van der Waals surface area contributed by atoms with Crippen molar-refractivity contribution in [2.24, 2.45) is 0 Å². The molecule has 3 aromatic rings. The number of nitrogens with zero attached hydrogens (tertiary/aromatic N) is 1. The highest BCUT2D eigenvalue weighted by Gasteiger charge is 2.31. The lowest BCUT2D eigenvalue weighted by Crippen LogP contribution is -2.24. The third-order valence-electron chi connectivity index (χ3n) is 4.11. The second kappa shape index (κ2) is 7.96. The van der Waals surface area contributed by atoms with Gasteiger partial charge in [-0.15, -0.1) is 0 Å². The largest absolute Gasteiger partial charge is 0.492 e. The van der Waals surface area contributed by atoms with Crippen molar-refractivity contribution >= 4 is 20.9 Å². The Bertz CT molecular complexity index is 1150. The van der Waals surface area contributed by atoms with Crippen LogP contribution in [0.2, 0.25) is 0 Å². The van der Waals surface area contributed by atoms with E-state index in [1.54, 1.807) is 13.0 Å². The molecule has 5 nitrogen and oxygen atoms in total. The van der Waals surface area contributed by atoms with Crippen molar-refractivity contribution in [2.45, 2.75) is 24.5 Å². The van der Waals surface area contributed by atoms with Gasteiger partial charge in [-0.2, -0.15) is 13.2 Å². The molecule has 2 aromatic carbocycles. The van der Waals surface area contributed by atoms with Crippen LogP contribution < -0.4 is 9.46 Å². The van der Waals surface area contributed by atoms with Gasteiger partial charge in [0.1, 0.15) is 17.1 Å². The lowest BCUT2D eigenvalue weighted by atomic mass is 10.1. The molecule has 0 atom stereocenters. The summed E-state index contributed by atoms with van der Waals surface area (Å²) in [5, 5.41) is 0.274. The lowest BCUT2D eigenvalue weighted by molar-refractivity contribution is -0.137. The topological polar surface area (TPSA) is 68.3 Å². The molecule has 0 amide bonds. The molecule has 1 aromatic heterocycles. The van der Waals surface area contributed by atoms with Crippen LogP contribution in [0.15, 0.2) is 53.6 Å². The Hall–Kier alpha value is -2.72. The van der Waals surface area contributed by atoms with Crippen molar-refractivity contribution in [3.8, 4) is 5.75 Å². The number of rotatable bonds is 6. The Kier molecular flexibility index (Phi) is 5.76. The van der Waals surface area contributed by atoms with Crippen LogP contribution in [0.5, 0.6) is 5.75 Å². The van der Waals surface area contributed by atoms with Crippen molar-refractivity contribution in [1.82, 2.24) is 9.71 Å². The normalized spacial score (nSPS) is 12.3. The molecule has 29 heavy (non-hydrogen) atoms. The van der Waals surface area contributed by atoms with Gasteiger partial charge in [-0.25, -0.2) is 17.5 Å². The molecule has 0 aliphatic rings. The summed E-state index contributed by atoms with van der Waals surface area (Å²) in [7, 11) is -4.18. The van der Waals surface area contributed by atoms with E-state index in [0.29, 0.717) is 36.1 Å². The Morgan fingerprint density at radius 1 is 1.14 bits per heavy atom. The van der Waals surface area contributed by atoms with Crippen LogP contribution in [-0.2, 0) is 22.7 Å². The Balaban J connectivity index is 1.95. The summed E-state index contributed by atoms with van der Waals surface area (Å²) in [6.45, 7) is 1.47. The molecule has 0 bridgehead atoms. The first kappa shape index (κ1) is 21.0. The fraction of sp³-hybridized carbons (Fsp3) is 0.211. The third kappa shape index (κ3) is 4.48. The summed E-state index contributed by atoms with van der Waals surface area (Å²) >= 11 is 0. The van der Waals surface area contributed by atoms with Crippen LogP contribution in [0.3, 0.4) is 0 Å². The highest BCUT2D eigenvalue weighted by molar-refractivity contribution is 7.89. The summed E-state index contributed by atoms with van der Waals surface area (Å²) in [5.41, 5.74) is -1.16. The number of ether oxygens (including phenoxy) is 1. The van der Waals surface area contributed by atoms with Crippen LogP contribution >= 0.6 is 0 Å². The fourth-order valence-electron chi connectivity index (χ4n) is 2.76. The summed E-state index contributed by atoms with van der Waals surface area (Å²) in [5.74, 6) is -0.551. The number of hydrogen-bond acceptors (Lipinski definition) is 4. The number of aromatic nitrogens is 1. The molecule has 3 rings (SSSR count). The average Bonchev–Trinajstić information content (AvgIpc) is 2.67. The molecule has 0 unspecified atom stereocenters. The fourth-order valence-corrected chi connectivity index (χ4v) is 3.97. The Morgan fingerprint density at radius 3 is 2.59 bits per heavy atom. The molecule has 0 aliphatic heterocycles. The minimum atomic E-state index is -4.67. The van der Waals surface area contributed by atoms with Gasteiger partial charge >= 0.3 is 6.18 Å². The number of fused-ring (bicyclic) bond motifs is 1. The molecule has 0 saturated heterocycles. The van der Waals surface area contributed by atoms with Gasteiger partial charge in [0.15, 0.2) is 0 Å². The SMILES string of the molecule is CCOc1ccc(S(=O)(=O)NCc2cc(C(F)(F)F)ccc2F)c2cccnc12. The van der Waals surface area contributed by atoms with Crippen molar-refractivity contribution in [1.29, 1.82) is 0 Å². The van der Waals surface area contributed by atoms with Crippen molar-refractivity contribution in [2.75, 3.05) is 6.61 Å². The molecule has 0 fully saturated rings. The molecule has 1 N–H and O–H groups in total. The molecule has 0 spiro atoms. The van der Waals surface area contributed by atoms with E-state index in [1.165, 1.54) is 24.4 Å². The second-order valence-electron chi connectivity index (χ2n) is 6.02. The summed E-state index contributed by atoms with van der Waals surface area (Å²) in [6, 6.07) is 7.66. The first-order valence-corrected chi connectivity index (χ1v) is 9.97. The highest BCUT2D eigenvalue weighted by Crippen LogP contribution is 2.31. The first-order chi connectivity index (χ1) is 13.6. The van der Waals surface area contributed by atoms with E-state index in [9.17, 15) is 26.0 Å². The van der Waals surface area contributed by atoms with Gasteiger partial charge in [0, 0.05) is 23.7 Å². The van der Waals surface area contributed by atoms with Gasteiger partial charge in [0.05, 0.1) is 17.1 Å². The smallest absolute Gasteiger partial charge is 0.416 e. The van der Waals surface area contributed by atoms with E-state index in [4.69, 9.17) is 4.74 Å². The molecule has 10 heteroatoms. The molecule has 0 aliphatic carbocycles. The first-order valence-electron chi connectivity index (χ1n) is 8.49. The maximum atomic E-state index is 13.9. The number of pyridine rings is 1. The van der Waals surface area contributed by atoms with Crippen molar-refractivity contribution < 1.29 is 30.7 Å². The predicted molar refractivity (Wildman–Crippen MR) is 98.3 cm³/mol. The van der Waals surface area contributed by atoms with E-state index in [0.717, 1.165) is 0 Å². The molecule has 154 valence electrons. The number of nitrogens with one attached hydrogen (secondary N) is 1. The van der Waals surface area contributed by atoms with Crippen molar-refractivity contribution in [3.05, 3.63) is 65.6 Å². The minimum Gasteiger partial charge on any atom is -0.492 e. The van der Waals surface area contributed by atoms with Gasteiger partial charge < -0.3 is 4.74 Å². The maximum absolute atomic E-state index is 13.9. The zero-order valence-corrected chi connectivity index (χ0v) is 15.9. The van der Waals surface area contributed by atoms with Crippen molar-refractivity contribution in [3.63, 3.8) is 0 Å². The van der Waals surface area contributed by atoms with E-state index in [2.05, 4.69) is 9.71 Å². The van der Waals surface area contributed by atoms with E-state index in [-0.39, 0.29) is 10.3 Å². The number of hydrogen-bond donors (Lipinski definition) is 1. The monoisotopic (exact) mass is 428 g/mol. The van der Waals surface area contributed by atoms with Gasteiger partial charge in [0.25, 0.3) is 0 Å². The standard InChI is InChI=1S/C19H16F4N2O3S/c1-2-28-16-7-8-17(14-4-3-9-24-18(14)16)29(26,27)25-11-12-10-13(19(21,22)23)5-6-15(12)20/h3-10,25H,2,11H2,1H3. The summed E-state index contributed by atoms with van der Waals surface area (Å²) in [4.78, 5) is 4.00. The van der Waals surface area contributed by atoms with Crippen LogP contribution in [0.4, 0.5) is 17.6 Å². The minimum absolute atomic E-state index is 0.142. The Labute approximate surface area is 164 Å². The molecular formula is C19H16F4N2O3S. The van der Waals surface area contributed by atoms with Crippen LogP contribution in [0, 0.1) is 5.82 Å². The number of sulfonamides is 1. The second-order valence-corrected chi connectivity index (χ2v) is 7.76. The van der Waals surface area contributed by atoms with E-state index < -0.39 is 39.7 Å². The number of alkyl halides is 3. The van der Waals surface area contributed by atoms with Gasteiger partial charge in [-0.05, 0) is 49.4 Å². The average molecular weight is 428 g/mol. The Morgan fingerprint density at radius 2 is 1.90 bits per heavy atom. The van der Waals surface area contributed by atoms with E-state index in [1.807, 2.05) is 0 Å². The molecule has 0 radical (unpaired) electrons. The quantitative estimate of drug-likeness (QED) is 0.596. The van der Waals surface area contributed by atoms with Gasteiger partial charge in [-0.3, -0.25) is 4.98 Å². The van der Waals surface area contributed by atoms with E-state index >= 15 is 0 Å². The lowest BCUT2D eigenvalue weighted by Gasteiger charge is -2.13. The summed E-state index contributed by atoms with van der Waals surface area (Å²) < 4.78 is 85.5. The predicted octanol–water partition coefficient (Wildman–Crippen LogP) is 4.27. The molecule has 0 saturated carbocycles. The maximum Gasteiger partial charge on any atom is 0.416 e. The third-order valence-corrected chi connectivity index (χ3v) is 5.57. The van der Waals surface area contributed by atoms with Gasteiger partial charge in [0.2, 0.25) is 10.0 Å². The zero-order chi connectivity index (χ0) is 21.2. The molecule has 1 heterocycles. The van der Waals surface area contributed by atoms with Crippen LogP contribution in [-0.4, -0.2) is 20.0 Å². The van der Waals surface area contributed by atoms with Gasteiger partial charge in [-0.1, -0.05) is 0 Å². The zero-order valence-electron chi connectivity index (χ0n) is 15.1. The summed E-state index contributed by atoms with van der Waals surface area (Å²) in [6.07, 6.45) is -3.19. The highest BCUT2D eigenvalue weighted by atomic mass is 32.2. The molecular weight excluding hydrogens is 412 g/mol. The van der Waals surface area contributed by atoms with Crippen LogP contribution in [0.25, 0.3) is 10.9 Å².